The van der Waals surface area contributed by atoms with Crippen LogP contribution in [0.5, 0.6) is 0 Å². The molecule has 0 aliphatic carbocycles. The normalized spacial score (nSPS) is 12.7. The zero-order valence-corrected chi connectivity index (χ0v) is 7.91. The summed E-state index contributed by atoms with van der Waals surface area (Å²) in [6, 6.07) is 0. The van der Waals surface area contributed by atoms with Gasteiger partial charge < -0.3 is 9.29 Å². The number of alkyl halides is 4. The minimum atomic E-state index is -4.58. The maximum Gasteiger partial charge on any atom is 0.379 e. The van der Waals surface area contributed by atoms with Gasteiger partial charge in [-0.15, -0.1) is 0 Å². The Labute approximate surface area is 81.6 Å². The van der Waals surface area contributed by atoms with Gasteiger partial charge in [-0.25, -0.2) is 0 Å². The van der Waals surface area contributed by atoms with Crippen molar-refractivity contribution < 1.29 is 31.6 Å². The molecule has 0 unspecified atom stereocenters. The highest BCUT2D eigenvalue weighted by Gasteiger charge is 2.56. The highest BCUT2D eigenvalue weighted by atomic mass is 32.2. The van der Waals surface area contributed by atoms with Crippen molar-refractivity contribution in [1.29, 1.82) is 0 Å². The number of rotatable bonds is 5. The van der Waals surface area contributed by atoms with Crippen LogP contribution in [0.15, 0.2) is 0 Å². The first-order valence-corrected chi connectivity index (χ1v) is 4.22. The Bertz CT molecular complexity index is 209. The molecule has 0 aromatic heterocycles. The Morgan fingerprint density at radius 2 is 1.93 bits per heavy atom. The predicted molar refractivity (Wildman–Crippen MR) is 41.4 cm³/mol. The molecule has 0 heterocycles. The maximum absolute atomic E-state index is 12.5. The van der Waals surface area contributed by atoms with Crippen molar-refractivity contribution in [2.45, 2.75) is 24.5 Å². The van der Waals surface area contributed by atoms with E-state index in [1.165, 1.54) is 0 Å². The lowest BCUT2D eigenvalue weighted by Gasteiger charge is -2.22. The number of hydrogen-bond donors (Lipinski definition) is 1. The first-order chi connectivity index (χ1) is 6.23. The first-order valence-electron chi connectivity index (χ1n) is 3.44. The molecule has 0 bridgehead atoms. The van der Waals surface area contributed by atoms with Gasteiger partial charge in [0.25, 0.3) is 0 Å². The van der Waals surface area contributed by atoms with Crippen LogP contribution in [-0.2, 0) is 9.53 Å². The van der Waals surface area contributed by atoms with Crippen molar-refractivity contribution >= 4 is 18.0 Å². The quantitative estimate of drug-likeness (QED) is 0.452. The third-order valence-corrected chi connectivity index (χ3v) is 1.79. The average Bonchev–Trinajstić information content (AvgIpc) is 2.03. The number of esters is 1. The van der Waals surface area contributed by atoms with Gasteiger partial charge in [-0.1, -0.05) is 0 Å². The topological polar surface area (TPSA) is 46.5 Å². The molecule has 0 radical (unpaired) electrons. The number of carbonyl (C=O) groups excluding carboxylic acids is 1. The third kappa shape index (κ3) is 3.70. The lowest BCUT2D eigenvalue weighted by molar-refractivity contribution is -0.169. The second-order valence-electron chi connectivity index (χ2n) is 2.40. The number of ether oxygens (including phenoxy) is 1. The molecule has 1 N–H and O–H groups in total. The van der Waals surface area contributed by atoms with Crippen LogP contribution in [0.3, 0.4) is 0 Å². The highest BCUT2D eigenvalue weighted by Crippen LogP contribution is 2.43. The van der Waals surface area contributed by atoms with Crippen LogP contribution < -0.4 is 0 Å². The molecule has 0 aromatic rings. The Kier molecular flexibility index (Phi) is 4.66. The van der Waals surface area contributed by atoms with Gasteiger partial charge in [0.05, 0.1) is 25.1 Å². The summed E-state index contributed by atoms with van der Waals surface area (Å²) in [5.74, 6) is -5.25. The number of halogens is 4. The van der Waals surface area contributed by atoms with Crippen LogP contribution in [0.25, 0.3) is 0 Å². The zero-order valence-electron chi connectivity index (χ0n) is 7.10. The smallest absolute Gasteiger partial charge is 0.379 e. The lowest BCUT2D eigenvalue weighted by Crippen LogP contribution is -2.38. The fraction of sp³-hybridized carbons (Fsp3) is 0.833. The van der Waals surface area contributed by atoms with Gasteiger partial charge in [-0.05, 0) is 0 Å². The molecule has 0 saturated carbocycles. The van der Waals surface area contributed by atoms with Crippen LogP contribution in [0.2, 0.25) is 0 Å². The summed E-state index contributed by atoms with van der Waals surface area (Å²) >= 11 is -1.23. The van der Waals surface area contributed by atoms with Gasteiger partial charge in [0, 0.05) is 6.92 Å². The van der Waals surface area contributed by atoms with Crippen LogP contribution >= 0.6 is 12.0 Å². The van der Waals surface area contributed by atoms with Crippen LogP contribution in [-0.4, -0.2) is 28.3 Å². The molecule has 84 valence electrons. The standard InChI is InChI=1S/C6H8F4O3S/c1-4(11)13-3-2-5(7,8)6(9,10)14-12/h12H,2-3H2,1H3. The monoisotopic (exact) mass is 236 g/mol. The van der Waals surface area contributed by atoms with Crippen molar-refractivity contribution in [1.82, 2.24) is 0 Å². The van der Waals surface area contributed by atoms with E-state index in [2.05, 4.69) is 4.74 Å². The molecule has 0 fully saturated rings. The fourth-order valence-electron chi connectivity index (χ4n) is 0.535. The minimum Gasteiger partial charge on any atom is -0.466 e. The summed E-state index contributed by atoms with van der Waals surface area (Å²) in [5, 5.41) is -4.58. The largest absolute Gasteiger partial charge is 0.466 e. The van der Waals surface area contributed by atoms with E-state index in [1.807, 2.05) is 0 Å². The second-order valence-corrected chi connectivity index (χ2v) is 3.10. The van der Waals surface area contributed by atoms with Gasteiger partial charge in [0.1, 0.15) is 0 Å². The Balaban J connectivity index is 4.13. The summed E-state index contributed by atoms with van der Waals surface area (Å²) in [6.45, 7) is 0.148. The SMILES string of the molecule is CC(=O)OCCC(F)(F)C(F)(F)SO. The predicted octanol–water partition coefficient (Wildman–Crippen LogP) is 2.37. The van der Waals surface area contributed by atoms with E-state index < -0.39 is 42.2 Å². The molecule has 0 amide bonds. The molecule has 0 rings (SSSR count). The van der Waals surface area contributed by atoms with E-state index >= 15 is 0 Å². The van der Waals surface area contributed by atoms with Crippen molar-refractivity contribution in [2.75, 3.05) is 6.61 Å². The number of hydrogen-bond acceptors (Lipinski definition) is 4. The minimum absolute atomic E-state index is 0.821. The zero-order chi connectivity index (χ0) is 11.4. The summed E-state index contributed by atoms with van der Waals surface area (Å²) < 4.78 is 61.6. The van der Waals surface area contributed by atoms with E-state index in [4.69, 9.17) is 4.55 Å². The van der Waals surface area contributed by atoms with Gasteiger partial charge in [-0.2, -0.15) is 17.6 Å². The van der Waals surface area contributed by atoms with Crippen LogP contribution in [0.1, 0.15) is 13.3 Å². The molecule has 0 spiro atoms. The molecule has 0 saturated heterocycles. The summed E-state index contributed by atoms with van der Waals surface area (Å²) in [7, 11) is 0. The summed E-state index contributed by atoms with van der Waals surface area (Å²) in [5.41, 5.74) is 0. The van der Waals surface area contributed by atoms with E-state index in [9.17, 15) is 22.4 Å². The van der Waals surface area contributed by atoms with E-state index in [0.717, 1.165) is 6.92 Å². The molecule has 3 nitrogen and oxygen atoms in total. The molecule has 0 aliphatic heterocycles. The molecule has 0 aliphatic rings. The van der Waals surface area contributed by atoms with Gasteiger partial charge >= 0.3 is 17.1 Å². The molecule has 14 heavy (non-hydrogen) atoms. The van der Waals surface area contributed by atoms with Crippen LogP contribution in [0.4, 0.5) is 17.6 Å². The van der Waals surface area contributed by atoms with Gasteiger partial charge in [-0.3, -0.25) is 4.79 Å². The molecule has 8 heteroatoms. The Morgan fingerprint density at radius 3 is 2.29 bits per heavy atom. The maximum atomic E-state index is 12.5. The van der Waals surface area contributed by atoms with Crippen molar-refractivity contribution in [2.24, 2.45) is 0 Å². The van der Waals surface area contributed by atoms with Crippen molar-refractivity contribution in [3.05, 3.63) is 0 Å². The summed E-state index contributed by atoms with van der Waals surface area (Å²) in [4.78, 5) is 10.1. The number of carbonyl (C=O) groups is 1. The summed E-state index contributed by atoms with van der Waals surface area (Å²) in [6.07, 6.45) is -1.34. The molecular formula is C6H8F4O3S. The van der Waals surface area contributed by atoms with Gasteiger partial charge in [0.15, 0.2) is 0 Å². The third-order valence-electron chi connectivity index (χ3n) is 1.26. The van der Waals surface area contributed by atoms with E-state index in [-0.39, 0.29) is 0 Å². The Morgan fingerprint density at radius 1 is 1.43 bits per heavy atom. The highest BCUT2D eigenvalue weighted by molar-refractivity contribution is 7.94. The second kappa shape index (κ2) is 4.83. The fourth-order valence-corrected chi connectivity index (χ4v) is 0.771. The lowest BCUT2D eigenvalue weighted by atomic mass is 10.2. The van der Waals surface area contributed by atoms with Crippen molar-refractivity contribution in [3.8, 4) is 0 Å². The molecule has 0 aromatic carbocycles. The average molecular weight is 236 g/mol. The van der Waals surface area contributed by atoms with E-state index in [0.29, 0.717) is 0 Å². The molecule has 0 atom stereocenters. The van der Waals surface area contributed by atoms with E-state index in [1.54, 1.807) is 0 Å². The molecular weight excluding hydrogens is 228 g/mol. The van der Waals surface area contributed by atoms with Crippen LogP contribution in [0, 0.1) is 0 Å². The van der Waals surface area contributed by atoms with Crippen molar-refractivity contribution in [3.63, 3.8) is 0 Å². The Hall–Kier alpha value is -0.500. The first kappa shape index (κ1) is 13.5. The van der Waals surface area contributed by atoms with Gasteiger partial charge in [0.2, 0.25) is 0 Å².